The lowest BCUT2D eigenvalue weighted by Crippen LogP contribution is -2.67. The van der Waals surface area contributed by atoms with E-state index in [0.717, 1.165) is 22.6 Å². The zero-order valence-corrected chi connectivity index (χ0v) is 14.8. The van der Waals surface area contributed by atoms with Gasteiger partial charge in [0.25, 0.3) is 11.2 Å². The van der Waals surface area contributed by atoms with Crippen molar-refractivity contribution < 1.29 is 62.9 Å². The van der Waals surface area contributed by atoms with Crippen molar-refractivity contribution in [1.29, 1.82) is 0 Å². The van der Waals surface area contributed by atoms with E-state index in [2.05, 4.69) is 0 Å². The van der Waals surface area contributed by atoms with Gasteiger partial charge in [-0.05, 0) is 19.3 Å². The molecule has 0 aliphatic heterocycles. The third-order valence-electron chi connectivity index (χ3n) is 4.56. The Hall–Kier alpha value is -0.190. The summed E-state index contributed by atoms with van der Waals surface area (Å²) in [6.07, 6.45) is -30.0. The fourth-order valence-electron chi connectivity index (χ4n) is 3.18. The first kappa shape index (κ1) is 24.8. The number of hydrogen-bond donors (Lipinski definition) is 2. The molecule has 2 N–H and O–H groups in total. The van der Waals surface area contributed by atoms with Gasteiger partial charge >= 0.3 is 24.7 Å². The fourth-order valence-corrected chi connectivity index (χ4v) is 4.41. The van der Waals surface area contributed by atoms with Crippen molar-refractivity contribution in [3.8, 4) is 0 Å². The van der Waals surface area contributed by atoms with E-state index >= 15 is 0 Å². The van der Waals surface area contributed by atoms with Crippen LogP contribution in [0.15, 0.2) is 0 Å². The summed E-state index contributed by atoms with van der Waals surface area (Å²) in [5, 5.41) is 18.6. The summed E-state index contributed by atoms with van der Waals surface area (Å²) >= 11 is 1.09. The molecule has 162 valence electrons. The number of rotatable bonds is 2. The SMILES string of the molecule is OC(C1CC(I)CC(C(O)(C(F)(F)F)C(F)(F)F)C1)(C(F)(F)F)C(F)(F)F. The minimum absolute atomic E-state index is 1.09. The summed E-state index contributed by atoms with van der Waals surface area (Å²) in [6.45, 7) is 0. The molecule has 0 aromatic carbocycles. The smallest absolute Gasteiger partial charge is 0.373 e. The topological polar surface area (TPSA) is 40.5 Å². The van der Waals surface area contributed by atoms with Gasteiger partial charge in [0.2, 0.25) is 0 Å². The maximum atomic E-state index is 12.9. The fraction of sp³-hybridized carbons (Fsp3) is 1.00. The summed E-state index contributed by atoms with van der Waals surface area (Å²) in [5.41, 5.74) is -11.1. The van der Waals surface area contributed by atoms with E-state index in [1.807, 2.05) is 0 Å². The summed E-state index contributed by atoms with van der Waals surface area (Å²) in [6, 6.07) is 0. The zero-order valence-electron chi connectivity index (χ0n) is 12.7. The Labute approximate surface area is 157 Å². The largest absolute Gasteiger partial charge is 0.426 e. The molecule has 0 spiro atoms. The highest BCUT2D eigenvalue weighted by molar-refractivity contribution is 14.1. The lowest BCUT2D eigenvalue weighted by Gasteiger charge is -2.48. The van der Waals surface area contributed by atoms with Gasteiger partial charge in [-0.3, -0.25) is 0 Å². The molecule has 0 aromatic rings. The van der Waals surface area contributed by atoms with Gasteiger partial charge in [-0.25, -0.2) is 0 Å². The third-order valence-corrected chi connectivity index (χ3v) is 5.58. The summed E-state index contributed by atoms with van der Waals surface area (Å²) in [4.78, 5) is 0. The molecule has 2 unspecified atom stereocenters. The van der Waals surface area contributed by atoms with Crippen molar-refractivity contribution in [2.24, 2.45) is 11.8 Å². The van der Waals surface area contributed by atoms with Gasteiger partial charge in [0.05, 0.1) is 0 Å². The van der Waals surface area contributed by atoms with Gasteiger partial charge < -0.3 is 10.2 Å². The Morgan fingerprint density at radius 1 is 0.519 bits per heavy atom. The van der Waals surface area contributed by atoms with Gasteiger partial charge in [-0.1, -0.05) is 22.6 Å². The summed E-state index contributed by atoms with van der Waals surface area (Å²) < 4.78 is 154. The molecule has 0 radical (unpaired) electrons. The molecule has 0 bridgehead atoms. The molecule has 1 aliphatic carbocycles. The van der Waals surface area contributed by atoms with Crippen LogP contribution in [-0.4, -0.2) is 50.0 Å². The Kier molecular flexibility index (Phi) is 6.40. The average Bonchev–Trinajstić information content (AvgIpc) is 2.39. The molecule has 15 heteroatoms. The van der Waals surface area contributed by atoms with Crippen LogP contribution >= 0.6 is 22.6 Å². The lowest BCUT2D eigenvalue weighted by molar-refractivity contribution is -0.402. The molecule has 0 aromatic heterocycles. The maximum absolute atomic E-state index is 12.9. The molecule has 2 nitrogen and oxygen atoms in total. The van der Waals surface area contributed by atoms with Crippen LogP contribution in [-0.2, 0) is 0 Å². The first-order valence-electron chi connectivity index (χ1n) is 6.96. The molecular weight excluding hydrogens is 531 g/mol. The monoisotopic (exact) mass is 542 g/mol. The van der Waals surface area contributed by atoms with E-state index in [9.17, 15) is 62.9 Å². The molecule has 1 aliphatic rings. The number of aliphatic hydroxyl groups is 2. The van der Waals surface area contributed by atoms with Crippen molar-refractivity contribution in [2.75, 3.05) is 0 Å². The first-order valence-corrected chi connectivity index (χ1v) is 8.21. The van der Waals surface area contributed by atoms with Crippen LogP contribution in [0.2, 0.25) is 0 Å². The van der Waals surface area contributed by atoms with Crippen LogP contribution in [0.1, 0.15) is 19.3 Å². The van der Waals surface area contributed by atoms with Crippen molar-refractivity contribution in [1.82, 2.24) is 0 Å². The maximum Gasteiger partial charge on any atom is 0.426 e. The second-order valence-corrected chi connectivity index (χ2v) is 7.98. The second kappa shape index (κ2) is 6.95. The van der Waals surface area contributed by atoms with E-state index in [-0.39, 0.29) is 0 Å². The Bertz CT molecular complexity index is 460. The first-order chi connectivity index (χ1) is 11.6. The van der Waals surface area contributed by atoms with Crippen molar-refractivity contribution in [2.45, 2.75) is 59.1 Å². The Morgan fingerprint density at radius 3 is 0.926 bits per heavy atom. The Morgan fingerprint density at radius 2 is 0.741 bits per heavy atom. The van der Waals surface area contributed by atoms with E-state index in [1.54, 1.807) is 0 Å². The molecule has 1 saturated carbocycles. The normalized spacial score (nSPS) is 27.0. The minimum atomic E-state index is -6.41. The Balaban J connectivity index is 3.50. The summed E-state index contributed by atoms with van der Waals surface area (Å²) in [5.74, 6) is -6.15. The molecule has 1 rings (SSSR count). The van der Waals surface area contributed by atoms with Crippen molar-refractivity contribution in [3.05, 3.63) is 0 Å². The highest BCUT2D eigenvalue weighted by Crippen LogP contribution is 2.58. The lowest BCUT2D eigenvalue weighted by atomic mass is 9.66. The van der Waals surface area contributed by atoms with E-state index in [0.29, 0.717) is 0 Å². The molecule has 0 saturated heterocycles. The molecule has 0 heterocycles. The number of halogens is 13. The van der Waals surface area contributed by atoms with Crippen molar-refractivity contribution >= 4 is 22.6 Å². The average molecular weight is 542 g/mol. The van der Waals surface area contributed by atoms with E-state index in [1.165, 1.54) is 0 Å². The van der Waals surface area contributed by atoms with Crippen LogP contribution in [0.3, 0.4) is 0 Å². The van der Waals surface area contributed by atoms with Gasteiger partial charge in [0.15, 0.2) is 0 Å². The van der Waals surface area contributed by atoms with Crippen LogP contribution in [0.4, 0.5) is 52.7 Å². The van der Waals surface area contributed by atoms with Gasteiger partial charge in [0.1, 0.15) is 0 Å². The molecule has 2 atom stereocenters. The predicted octanol–water partition coefficient (Wildman–Crippen LogP) is 4.92. The van der Waals surface area contributed by atoms with E-state index < -0.39 is 70.9 Å². The van der Waals surface area contributed by atoms with Gasteiger partial charge in [0, 0.05) is 15.8 Å². The highest BCUT2D eigenvalue weighted by Gasteiger charge is 2.78. The van der Waals surface area contributed by atoms with Gasteiger partial charge in [-0.2, -0.15) is 52.7 Å². The van der Waals surface area contributed by atoms with Crippen molar-refractivity contribution in [3.63, 3.8) is 0 Å². The van der Waals surface area contributed by atoms with Gasteiger partial charge in [-0.15, -0.1) is 0 Å². The quantitative estimate of drug-likeness (QED) is 0.296. The summed E-state index contributed by atoms with van der Waals surface area (Å²) in [7, 11) is 0. The van der Waals surface area contributed by atoms with E-state index in [4.69, 9.17) is 0 Å². The van der Waals surface area contributed by atoms with Crippen LogP contribution in [0.25, 0.3) is 0 Å². The third kappa shape index (κ3) is 4.09. The molecule has 1 fully saturated rings. The predicted molar refractivity (Wildman–Crippen MR) is 72.8 cm³/mol. The minimum Gasteiger partial charge on any atom is -0.373 e. The number of alkyl halides is 13. The van der Waals surface area contributed by atoms with Crippen LogP contribution < -0.4 is 0 Å². The van der Waals surface area contributed by atoms with Crippen LogP contribution in [0.5, 0.6) is 0 Å². The standard InChI is InChI=1S/C12H11F12IO2/c13-9(14,15)7(26,10(16,17)18)4-1-5(3-6(25)2-4)8(27,11(19,20)21)12(22,23)24/h4-6,26-27H,1-3H2. The van der Waals surface area contributed by atoms with Crippen LogP contribution in [0, 0.1) is 11.8 Å². The highest BCUT2D eigenvalue weighted by atomic mass is 127. The second-order valence-electron chi connectivity index (χ2n) is 6.22. The molecular formula is C12H11F12IO2. The zero-order chi connectivity index (χ0) is 21.9. The molecule has 0 amide bonds. The number of hydrogen-bond acceptors (Lipinski definition) is 2. The molecule has 27 heavy (non-hydrogen) atoms.